The largest absolute Gasteiger partial charge is 0.480 e. The molecule has 0 aromatic carbocycles. The minimum absolute atomic E-state index is 0.320. The normalized spacial score (nSPS) is 12.1. The summed E-state index contributed by atoms with van der Waals surface area (Å²) in [5.74, 6) is -0.0973. The number of carbonyl (C=O) groups excluding carboxylic acids is 1. The van der Waals surface area contributed by atoms with Gasteiger partial charge in [-0.1, -0.05) is 0 Å². The van der Waals surface area contributed by atoms with E-state index in [2.05, 4.69) is 5.32 Å². The second kappa shape index (κ2) is 8.55. The van der Waals surface area contributed by atoms with Crippen LogP contribution in [0.1, 0.15) is 13.3 Å². The number of nitrogens with one attached hydrogen (secondary N) is 1. The van der Waals surface area contributed by atoms with Crippen molar-refractivity contribution in [3.8, 4) is 0 Å². The highest BCUT2D eigenvalue weighted by atomic mass is 32.2. The molecule has 0 aliphatic heterocycles. The Labute approximate surface area is 93.6 Å². The zero-order valence-corrected chi connectivity index (χ0v) is 9.80. The Morgan fingerprint density at radius 3 is 2.67 bits per heavy atom. The van der Waals surface area contributed by atoms with Gasteiger partial charge in [-0.2, -0.15) is 11.8 Å². The van der Waals surface area contributed by atoms with Crippen molar-refractivity contribution < 1.29 is 19.4 Å². The first-order valence-electron chi connectivity index (χ1n) is 4.64. The highest BCUT2D eigenvalue weighted by Gasteiger charge is 2.17. The minimum Gasteiger partial charge on any atom is -0.480 e. The molecule has 6 heteroatoms. The number of aliphatic carboxylic acids is 1. The fourth-order valence-electron chi connectivity index (χ4n) is 0.927. The lowest BCUT2D eigenvalue weighted by molar-refractivity contribution is -0.140. The number of rotatable bonds is 8. The molecule has 1 atom stereocenters. The summed E-state index contributed by atoms with van der Waals surface area (Å²) in [5.41, 5.74) is 0. The summed E-state index contributed by atoms with van der Waals surface area (Å²) in [7, 11) is 1.63. The Bertz CT molecular complexity index is 210. The topological polar surface area (TPSA) is 75.6 Å². The van der Waals surface area contributed by atoms with E-state index in [1.54, 1.807) is 7.11 Å². The van der Waals surface area contributed by atoms with E-state index in [9.17, 15) is 9.59 Å². The number of carboxylic acid groups (broad SMARTS) is 1. The van der Waals surface area contributed by atoms with E-state index in [-0.39, 0.29) is 5.91 Å². The van der Waals surface area contributed by atoms with Crippen LogP contribution in [0, 0.1) is 0 Å². The van der Waals surface area contributed by atoms with Gasteiger partial charge < -0.3 is 15.2 Å². The molecular formula is C9H17NO4S. The lowest BCUT2D eigenvalue weighted by Crippen LogP contribution is -2.41. The van der Waals surface area contributed by atoms with Gasteiger partial charge in [0.2, 0.25) is 5.91 Å². The molecule has 0 aromatic heterocycles. The highest BCUT2D eigenvalue weighted by molar-refractivity contribution is 7.99. The maximum atomic E-state index is 10.7. The Morgan fingerprint density at radius 1 is 1.53 bits per heavy atom. The molecule has 0 spiro atoms. The van der Waals surface area contributed by atoms with Crippen molar-refractivity contribution in [2.45, 2.75) is 19.4 Å². The van der Waals surface area contributed by atoms with Gasteiger partial charge in [0.05, 0.1) is 0 Å². The van der Waals surface area contributed by atoms with Gasteiger partial charge in [0.15, 0.2) is 0 Å². The number of carbonyl (C=O) groups is 2. The zero-order chi connectivity index (χ0) is 11.7. The zero-order valence-electron chi connectivity index (χ0n) is 8.99. The molecule has 1 amide bonds. The predicted octanol–water partition coefficient (Wildman–Crippen LogP) is 0.345. The van der Waals surface area contributed by atoms with Gasteiger partial charge in [0, 0.05) is 26.4 Å². The fourth-order valence-corrected chi connectivity index (χ4v) is 1.88. The van der Waals surface area contributed by atoms with Crippen LogP contribution in [0.2, 0.25) is 0 Å². The van der Waals surface area contributed by atoms with Crippen LogP contribution >= 0.6 is 11.8 Å². The van der Waals surface area contributed by atoms with Gasteiger partial charge in [-0.3, -0.25) is 4.79 Å². The minimum atomic E-state index is -0.996. The van der Waals surface area contributed by atoms with E-state index in [0.717, 1.165) is 12.2 Å². The summed E-state index contributed by atoms with van der Waals surface area (Å²) in [6.07, 6.45) is 0.883. The van der Waals surface area contributed by atoms with Crippen LogP contribution in [0.15, 0.2) is 0 Å². The molecule has 0 saturated carbocycles. The van der Waals surface area contributed by atoms with Gasteiger partial charge in [-0.15, -0.1) is 0 Å². The Balaban J connectivity index is 3.67. The van der Waals surface area contributed by atoms with Gasteiger partial charge in [-0.05, 0) is 12.2 Å². The van der Waals surface area contributed by atoms with Crippen LogP contribution in [0.5, 0.6) is 0 Å². The number of carboxylic acids is 1. The van der Waals surface area contributed by atoms with E-state index >= 15 is 0 Å². The fraction of sp³-hybridized carbons (Fsp3) is 0.778. The number of amides is 1. The summed E-state index contributed by atoms with van der Waals surface area (Å²) in [4.78, 5) is 21.4. The summed E-state index contributed by atoms with van der Waals surface area (Å²) >= 11 is 1.50. The first kappa shape index (κ1) is 14.2. The third kappa shape index (κ3) is 8.26. The molecule has 0 fully saturated rings. The molecule has 0 unspecified atom stereocenters. The molecule has 15 heavy (non-hydrogen) atoms. The molecule has 5 nitrogen and oxygen atoms in total. The molecule has 0 heterocycles. The van der Waals surface area contributed by atoms with Crippen LogP contribution in [-0.2, 0) is 14.3 Å². The third-order valence-corrected chi connectivity index (χ3v) is 2.74. The summed E-state index contributed by atoms with van der Waals surface area (Å²) < 4.78 is 4.86. The molecule has 0 saturated heterocycles. The Hall–Kier alpha value is -0.750. The van der Waals surface area contributed by atoms with Crippen molar-refractivity contribution in [1.29, 1.82) is 0 Å². The van der Waals surface area contributed by atoms with E-state index in [1.165, 1.54) is 18.7 Å². The predicted molar refractivity (Wildman–Crippen MR) is 59.1 cm³/mol. The van der Waals surface area contributed by atoms with Gasteiger partial charge in [-0.25, -0.2) is 4.79 Å². The second-order valence-electron chi connectivity index (χ2n) is 3.01. The van der Waals surface area contributed by atoms with Crippen molar-refractivity contribution in [2.24, 2.45) is 0 Å². The standard InChI is InChI=1S/C9H17NO4S/c1-7(11)10-8(9(12)13)6-15-5-3-4-14-2/h8H,3-6H2,1-2H3,(H,10,11)(H,12,13)/t8-/m0/s1. The lowest BCUT2D eigenvalue weighted by Gasteiger charge is -2.12. The van der Waals surface area contributed by atoms with Crippen molar-refractivity contribution in [3.63, 3.8) is 0 Å². The average molecular weight is 235 g/mol. The number of hydrogen-bond donors (Lipinski definition) is 2. The van der Waals surface area contributed by atoms with Crippen LogP contribution < -0.4 is 5.32 Å². The second-order valence-corrected chi connectivity index (χ2v) is 4.16. The van der Waals surface area contributed by atoms with Crippen LogP contribution in [-0.4, -0.2) is 48.2 Å². The van der Waals surface area contributed by atoms with E-state index in [1.807, 2.05) is 0 Å². The monoisotopic (exact) mass is 235 g/mol. The first-order chi connectivity index (χ1) is 7.07. The number of ether oxygens (including phenoxy) is 1. The molecular weight excluding hydrogens is 218 g/mol. The van der Waals surface area contributed by atoms with E-state index in [0.29, 0.717) is 12.4 Å². The number of methoxy groups -OCH3 is 1. The molecule has 0 rings (SSSR count). The van der Waals surface area contributed by atoms with Crippen molar-refractivity contribution >= 4 is 23.6 Å². The van der Waals surface area contributed by atoms with Gasteiger partial charge in [0.25, 0.3) is 0 Å². The smallest absolute Gasteiger partial charge is 0.327 e. The van der Waals surface area contributed by atoms with Gasteiger partial charge in [0.1, 0.15) is 6.04 Å². The van der Waals surface area contributed by atoms with Crippen LogP contribution in [0.3, 0.4) is 0 Å². The summed E-state index contributed by atoms with van der Waals surface area (Å²) in [5, 5.41) is 11.2. The molecule has 2 N–H and O–H groups in total. The Morgan fingerprint density at radius 2 is 2.20 bits per heavy atom. The number of hydrogen-bond acceptors (Lipinski definition) is 4. The maximum Gasteiger partial charge on any atom is 0.327 e. The molecule has 0 aliphatic carbocycles. The quantitative estimate of drug-likeness (QED) is 0.594. The molecule has 0 radical (unpaired) electrons. The molecule has 88 valence electrons. The Kier molecular flexibility index (Phi) is 8.12. The van der Waals surface area contributed by atoms with Crippen LogP contribution in [0.25, 0.3) is 0 Å². The first-order valence-corrected chi connectivity index (χ1v) is 5.80. The van der Waals surface area contributed by atoms with Crippen LogP contribution in [0.4, 0.5) is 0 Å². The molecule has 0 bridgehead atoms. The van der Waals surface area contributed by atoms with Crippen molar-refractivity contribution in [1.82, 2.24) is 5.32 Å². The maximum absolute atomic E-state index is 10.7. The van der Waals surface area contributed by atoms with Crippen molar-refractivity contribution in [2.75, 3.05) is 25.2 Å². The van der Waals surface area contributed by atoms with Gasteiger partial charge >= 0.3 is 5.97 Å². The van der Waals surface area contributed by atoms with Crippen molar-refractivity contribution in [3.05, 3.63) is 0 Å². The van der Waals surface area contributed by atoms with E-state index < -0.39 is 12.0 Å². The SMILES string of the molecule is COCCCSC[C@H](NC(C)=O)C(=O)O. The summed E-state index contributed by atoms with van der Waals surface area (Å²) in [6, 6.07) is -0.796. The highest BCUT2D eigenvalue weighted by Crippen LogP contribution is 2.05. The van der Waals surface area contributed by atoms with E-state index in [4.69, 9.17) is 9.84 Å². The number of thioether (sulfide) groups is 1. The molecule has 0 aliphatic rings. The molecule has 0 aromatic rings. The average Bonchev–Trinajstić information content (AvgIpc) is 2.15. The lowest BCUT2D eigenvalue weighted by atomic mass is 10.3. The summed E-state index contributed by atoms with van der Waals surface area (Å²) in [6.45, 7) is 1.98. The third-order valence-electron chi connectivity index (χ3n) is 1.60.